The number of carbonyl (C=O) groups is 1. The Bertz CT molecular complexity index is 782. The van der Waals surface area contributed by atoms with E-state index in [2.05, 4.69) is 33.0 Å². The van der Waals surface area contributed by atoms with Gasteiger partial charge in [-0.2, -0.15) is 0 Å². The third kappa shape index (κ3) is 5.99. The second-order valence-electron chi connectivity index (χ2n) is 6.10. The van der Waals surface area contributed by atoms with E-state index in [9.17, 15) is 4.79 Å². The Morgan fingerprint density at radius 1 is 1.11 bits per heavy atom. The van der Waals surface area contributed by atoms with E-state index in [0.29, 0.717) is 36.2 Å². The number of nitrogens with one attached hydrogen (secondary N) is 3. The summed E-state index contributed by atoms with van der Waals surface area (Å²) >= 11 is 6.04. The summed E-state index contributed by atoms with van der Waals surface area (Å²) in [5.41, 5.74) is 2.47. The molecular formula is C20H28ClN5O2. The van der Waals surface area contributed by atoms with E-state index in [1.165, 1.54) is 0 Å². The average molecular weight is 406 g/mol. The van der Waals surface area contributed by atoms with Crippen molar-refractivity contribution in [3.8, 4) is 0 Å². The van der Waals surface area contributed by atoms with E-state index in [0.717, 1.165) is 36.4 Å². The van der Waals surface area contributed by atoms with Crippen molar-refractivity contribution < 1.29 is 9.32 Å². The summed E-state index contributed by atoms with van der Waals surface area (Å²) in [6.45, 7) is 8.31. The fourth-order valence-electron chi connectivity index (χ4n) is 2.71. The maximum atomic E-state index is 12.2. The molecule has 8 heteroatoms. The first-order valence-corrected chi connectivity index (χ1v) is 9.99. The molecule has 2 aromatic rings. The number of aliphatic imine (C=N–C) groups is 1. The molecule has 0 unspecified atom stereocenters. The van der Waals surface area contributed by atoms with Gasteiger partial charge in [0.2, 0.25) is 0 Å². The van der Waals surface area contributed by atoms with E-state index in [1.54, 1.807) is 24.3 Å². The van der Waals surface area contributed by atoms with Gasteiger partial charge in [-0.05, 0) is 25.5 Å². The minimum atomic E-state index is -0.195. The van der Waals surface area contributed by atoms with Crippen LogP contribution >= 0.6 is 11.6 Å². The van der Waals surface area contributed by atoms with Gasteiger partial charge < -0.3 is 20.5 Å². The second-order valence-corrected chi connectivity index (χ2v) is 6.50. The first-order chi connectivity index (χ1) is 13.6. The number of aryl methyl sites for hydroxylation is 2. The molecule has 7 nitrogen and oxygen atoms in total. The van der Waals surface area contributed by atoms with Crippen molar-refractivity contribution in [1.82, 2.24) is 21.1 Å². The van der Waals surface area contributed by atoms with Crippen LogP contribution in [0.2, 0.25) is 5.02 Å². The fourth-order valence-corrected chi connectivity index (χ4v) is 2.94. The Balaban J connectivity index is 1.89. The minimum absolute atomic E-state index is 0.195. The highest BCUT2D eigenvalue weighted by Crippen LogP contribution is 2.17. The lowest BCUT2D eigenvalue weighted by atomic mass is 10.1. The quantitative estimate of drug-likeness (QED) is 0.339. The molecule has 1 aromatic heterocycles. The van der Waals surface area contributed by atoms with Crippen LogP contribution < -0.4 is 16.0 Å². The molecule has 0 radical (unpaired) electrons. The van der Waals surface area contributed by atoms with Crippen LogP contribution in [0.4, 0.5) is 0 Å². The molecule has 0 saturated heterocycles. The summed E-state index contributed by atoms with van der Waals surface area (Å²) in [5.74, 6) is 1.36. The van der Waals surface area contributed by atoms with Gasteiger partial charge in [0.25, 0.3) is 5.91 Å². The lowest BCUT2D eigenvalue weighted by Gasteiger charge is -2.12. The highest BCUT2D eigenvalue weighted by Gasteiger charge is 2.13. The highest BCUT2D eigenvalue weighted by molar-refractivity contribution is 6.33. The van der Waals surface area contributed by atoms with Crippen molar-refractivity contribution in [2.75, 3.05) is 19.6 Å². The van der Waals surface area contributed by atoms with E-state index in [1.807, 2.05) is 13.8 Å². The molecule has 0 aliphatic heterocycles. The van der Waals surface area contributed by atoms with Crippen LogP contribution in [0.1, 0.15) is 48.1 Å². The van der Waals surface area contributed by atoms with Crippen LogP contribution in [0, 0.1) is 0 Å². The van der Waals surface area contributed by atoms with Crippen molar-refractivity contribution in [3.05, 3.63) is 51.9 Å². The SMILES string of the molecule is CCNC(=NCc1c(CC)noc1CC)NCCNC(=O)c1ccccc1Cl. The molecule has 0 saturated carbocycles. The number of nitrogens with zero attached hydrogens (tertiary/aromatic N) is 2. The number of halogens is 1. The van der Waals surface area contributed by atoms with Crippen molar-refractivity contribution in [3.63, 3.8) is 0 Å². The largest absolute Gasteiger partial charge is 0.361 e. The zero-order valence-electron chi connectivity index (χ0n) is 16.6. The Hall–Kier alpha value is -2.54. The average Bonchev–Trinajstić information content (AvgIpc) is 3.11. The summed E-state index contributed by atoms with van der Waals surface area (Å²) < 4.78 is 5.39. The Labute approximate surface area is 170 Å². The maximum absolute atomic E-state index is 12.2. The number of carbonyl (C=O) groups excluding carboxylic acids is 1. The van der Waals surface area contributed by atoms with Gasteiger partial charge in [0.05, 0.1) is 22.8 Å². The molecule has 0 spiro atoms. The standard InChI is InChI=1S/C20H28ClN5O2/c1-4-17-15(18(5-2)28-26-17)13-25-20(22-6-3)24-12-11-23-19(27)14-9-7-8-10-16(14)21/h7-10H,4-6,11-13H2,1-3H3,(H,23,27)(H2,22,24,25). The molecule has 0 atom stereocenters. The predicted octanol–water partition coefficient (Wildman–Crippen LogP) is 2.94. The van der Waals surface area contributed by atoms with E-state index < -0.39 is 0 Å². The number of hydrogen-bond donors (Lipinski definition) is 3. The van der Waals surface area contributed by atoms with E-state index in [-0.39, 0.29) is 5.91 Å². The molecule has 0 aliphatic rings. The van der Waals surface area contributed by atoms with Gasteiger partial charge in [-0.3, -0.25) is 4.79 Å². The van der Waals surface area contributed by atoms with Crippen molar-refractivity contribution in [2.24, 2.45) is 4.99 Å². The summed E-state index contributed by atoms with van der Waals surface area (Å²) in [5, 5.41) is 13.8. The van der Waals surface area contributed by atoms with Crippen LogP contribution in [0.3, 0.4) is 0 Å². The van der Waals surface area contributed by atoms with Gasteiger partial charge in [-0.1, -0.05) is 42.7 Å². The van der Waals surface area contributed by atoms with Crippen LogP contribution in [-0.2, 0) is 19.4 Å². The van der Waals surface area contributed by atoms with Crippen molar-refractivity contribution in [1.29, 1.82) is 0 Å². The van der Waals surface area contributed by atoms with Gasteiger partial charge in [0.1, 0.15) is 5.76 Å². The number of hydrogen-bond acceptors (Lipinski definition) is 4. The summed E-state index contributed by atoms with van der Waals surface area (Å²) in [6.07, 6.45) is 1.60. The monoisotopic (exact) mass is 405 g/mol. The molecule has 0 aliphatic carbocycles. The van der Waals surface area contributed by atoms with E-state index >= 15 is 0 Å². The minimum Gasteiger partial charge on any atom is -0.361 e. The highest BCUT2D eigenvalue weighted by atomic mass is 35.5. The number of rotatable bonds is 9. The van der Waals surface area contributed by atoms with Crippen molar-refractivity contribution >= 4 is 23.5 Å². The second kappa shape index (κ2) is 11.3. The molecule has 152 valence electrons. The van der Waals surface area contributed by atoms with Crippen LogP contribution in [0.5, 0.6) is 0 Å². The molecular weight excluding hydrogens is 378 g/mol. The molecule has 3 N–H and O–H groups in total. The summed E-state index contributed by atoms with van der Waals surface area (Å²) in [4.78, 5) is 16.8. The topological polar surface area (TPSA) is 91.6 Å². The molecule has 28 heavy (non-hydrogen) atoms. The molecule has 1 aromatic carbocycles. The first-order valence-electron chi connectivity index (χ1n) is 9.61. The van der Waals surface area contributed by atoms with Gasteiger partial charge in [-0.25, -0.2) is 4.99 Å². The third-order valence-electron chi connectivity index (χ3n) is 4.17. The smallest absolute Gasteiger partial charge is 0.252 e. The summed E-state index contributed by atoms with van der Waals surface area (Å²) in [6, 6.07) is 6.98. The molecule has 1 heterocycles. The number of guanidine groups is 1. The van der Waals surface area contributed by atoms with Gasteiger partial charge in [0.15, 0.2) is 5.96 Å². The third-order valence-corrected chi connectivity index (χ3v) is 4.50. The Morgan fingerprint density at radius 2 is 1.86 bits per heavy atom. The number of benzene rings is 1. The lowest BCUT2D eigenvalue weighted by molar-refractivity contribution is 0.0954. The van der Waals surface area contributed by atoms with Crippen molar-refractivity contribution in [2.45, 2.75) is 40.2 Å². The zero-order valence-corrected chi connectivity index (χ0v) is 17.4. The summed E-state index contributed by atoms with van der Waals surface area (Å²) in [7, 11) is 0. The fraction of sp³-hybridized carbons (Fsp3) is 0.450. The number of amides is 1. The predicted molar refractivity (Wildman–Crippen MR) is 112 cm³/mol. The Kier molecular flexibility index (Phi) is 8.81. The lowest BCUT2D eigenvalue weighted by Crippen LogP contribution is -2.41. The molecule has 0 fully saturated rings. The zero-order chi connectivity index (χ0) is 20.4. The van der Waals surface area contributed by atoms with Crippen LogP contribution in [0.25, 0.3) is 0 Å². The molecule has 2 rings (SSSR count). The normalized spacial score (nSPS) is 11.4. The van der Waals surface area contributed by atoms with Gasteiger partial charge in [-0.15, -0.1) is 0 Å². The Morgan fingerprint density at radius 3 is 2.54 bits per heavy atom. The molecule has 1 amide bonds. The van der Waals surface area contributed by atoms with Gasteiger partial charge >= 0.3 is 0 Å². The van der Waals surface area contributed by atoms with Gasteiger partial charge in [0, 0.05) is 31.6 Å². The first kappa shape index (κ1) is 21.8. The number of aromatic nitrogens is 1. The van der Waals surface area contributed by atoms with Crippen LogP contribution in [-0.4, -0.2) is 36.7 Å². The van der Waals surface area contributed by atoms with Crippen LogP contribution in [0.15, 0.2) is 33.8 Å². The molecule has 0 bridgehead atoms. The maximum Gasteiger partial charge on any atom is 0.252 e. The van der Waals surface area contributed by atoms with E-state index in [4.69, 9.17) is 16.1 Å².